The molecular weight excluding hydrogens is 487 g/mol. The molecule has 28 heavy (non-hydrogen) atoms. The van der Waals surface area contributed by atoms with Crippen LogP contribution >= 0.6 is 34.2 Å². The van der Waals surface area contributed by atoms with E-state index < -0.39 is 0 Å². The monoisotopic (exact) mass is 508 g/mol. The Hall–Kier alpha value is -1.97. The van der Waals surface area contributed by atoms with E-state index in [1.54, 1.807) is 6.20 Å². The molecule has 146 valence electrons. The summed E-state index contributed by atoms with van der Waals surface area (Å²) in [5.74, 6) is 1.22. The molecule has 0 unspecified atom stereocenters. The molecule has 8 heteroatoms. The van der Waals surface area contributed by atoms with Crippen LogP contribution in [0.15, 0.2) is 48.7 Å². The SMILES string of the molecule is CN(C)CCCNc1nc(Nc2ccc(I)cc2Cl)cc(-c2ccccn2)n1. The summed E-state index contributed by atoms with van der Waals surface area (Å²) >= 11 is 8.60. The molecule has 2 heterocycles. The van der Waals surface area contributed by atoms with Gasteiger partial charge in [-0.2, -0.15) is 4.98 Å². The summed E-state index contributed by atoms with van der Waals surface area (Å²) < 4.78 is 1.08. The van der Waals surface area contributed by atoms with Gasteiger partial charge < -0.3 is 15.5 Å². The van der Waals surface area contributed by atoms with Gasteiger partial charge in [0.2, 0.25) is 5.95 Å². The number of benzene rings is 1. The van der Waals surface area contributed by atoms with Gasteiger partial charge in [-0.25, -0.2) is 4.98 Å². The van der Waals surface area contributed by atoms with Gasteiger partial charge >= 0.3 is 0 Å². The summed E-state index contributed by atoms with van der Waals surface area (Å²) in [5, 5.41) is 7.25. The molecule has 2 N–H and O–H groups in total. The second kappa shape index (κ2) is 9.99. The zero-order valence-corrected chi connectivity index (χ0v) is 18.7. The molecule has 0 aliphatic heterocycles. The Morgan fingerprint density at radius 1 is 1.07 bits per heavy atom. The lowest BCUT2D eigenvalue weighted by molar-refractivity contribution is 0.405. The van der Waals surface area contributed by atoms with Gasteiger partial charge in [0.15, 0.2) is 0 Å². The fourth-order valence-electron chi connectivity index (χ4n) is 2.56. The number of aromatic nitrogens is 3. The number of anilines is 3. The Morgan fingerprint density at radius 3 is 2.64 bits per heavy atom. The van der Waals surface area contributed by atoms with Gasteiger partial charge in [0.25, 0.3) is 0 Å². The Bertz CT molecular complexity index is 920. The van der Waals surface area contributed by atoms with Crippen LogP contribution in [0.2, 0.25) is 5.02 Å². The van der Waals surface area contributed by atoms with E-state index in [4.69, 9.17) is 11.6 Å². The van der Waals surface area contributed by atoms with Crippen molar-refractivity contribution in [2.45, 2.75) is 6.42 Å². The van der Waals surface area contributed by atoms with Crippen molar-refractivity contribution in [1.82, 2.24) is 19.9 Å². The van der Waals surface area contributed by atoms with Crippen LogP contribution in [0.25, 0.3) is 11.4 Å². The smallest absolute Gasteiger partial charge is 0.225 e. The van der Waals surface area contributed by atoms with Gasteiger partial charge in [-0.05, 0) is 80.0 Å². The first-order chi connectivity index (χ1) is 13.5. The second-order valence-corrected chi connectivity index (χ2v) is 8.16. The Kier molecular flexibility index (Phi) is 7.41. The number of nitrogens with one attached hydrogen (secondary N) is 2. The van der Waals surface area contributed by atoms with E-state index in [1.807, 2.05) is 42.5 Å². The highest BCUT2D eigenvalue weighted by Crippen LogP contribution is 2.28. The lowest BCUT2D eigenvalue weighted by Gasteiger charge is -2.13. The Labute approximate surface area is 183 Å². The number of rotatable bonds is 8. The molecule has 0 fully saturated rings. The average Bonchev–Trinajstić information content (AvgIpc) is 2.68. The molecule has 0 aliphatic carbocycles. The third-order valence-electron chi connectivity index (χ3n) is 3.91. The third kappa shape index (κ3) is 6.02. The van der Waals surface area contributed by atoms with Crippen molar-refractivity contribution < 1.29 is 0 Å². The minimum atomic E-state index is 0.561. The first-order valence-electron chi connectivity index (χ1n) is 8.92. The molecule has 0 atom stereocenters. The number of nitrogens with zero attached hydrogens (tertiary/aromatic N) is 4. The van der Waals surface area contributed by atoms with Crippen LogP contribution in [0.1, 0.15) is 6.42 Å². The largest absolute Gasteiger partial charge is 0.354 e. The van der Waals surface area contributed by atoms with Crippen LogP contribution in [-0.2, 0) is 0 Å². The zero-order chi connectivity index (χ0) is 19.9. The van der Waals surface area contributed by atoms with Gasteiger partial charge in [0, 0.05) is 22.4 Å². The maximum absolute atomic E-state index is 6.36. The van der Waals surface area contributed by atoms with Crippen LogP contribution in [0.4, 0.5) is 17.5 Å². The molecule has 3 rings (SSSR count). The van der Waals surface area contributed by atoms with E-state index in [0.717, 1.165) is 40.2 Å². The van der Waals surface area contributed by atoms with E-state index in [-0.39, 0.29) is 0 Å². The molecule has 3 aromatic rings. The van der Waals surface area contributed by atoms with E-state index in [1.165, 1.54) is 0 Å². The molecule has 0 saturated carbocycles. The molecule has 6 nitrogen and oxygen atoms in total. The van der Waals surface area contributed by atoms with E-state index >= 15 is 0 Å². The van der Waals surface area contributed by atoms with Crippen LogP contribution in [-0.4, -0.2) is 47.0 Å². The van der Waals surface area contributed by atoms with Crippen LogP contribution in [0.5, 0.6) is 0 Å². The Balaban J connectivity index is 1.86. The lowest BCUT2D eigenvalue weighted by atomic mass is 10.2. The quantitative estimate of drug-likeness (QED) is 0.333. The maximum Gasteiger partial charge on any atom is 0.225 e. The standard InChI is InChI=1S/C20H22ClIN6/c1-28(2)11-5-10-24-20-26-18(17-6-3-4-9-23-17)13-19(27-20)25-16-8-7-14(22)12-15(16)21/h3-4,6-9,12-13H,5,10-11H2,1-2H3,(H2,24,25,26,27). The Morgan fingerprint density at radius 2 is 1.93 bits per heavy atom. The van der Waals surface area contributed by atoms with Crippen molar-refractivity contribution in [1.29, 1.82) is 0 Å². The predicted octanol–water partition coefficient (Wildman–Crippen LogP) is 4.90. The van der Waals surface area contributed by atoms with E-state index in [9.17, 15) is 0 Å². The summed E-state index contributed by atoms with van der Waals surface area (Å²) in [6, 6.07) is 13.5. The van der Waals surface area contributed by atoms with Crippen molar-refractivity contribution in [2.24, 2.45) is 0 Å². The van der Waals surface area contributed by atoms with Crippen molar-refractivity contribution >= 4 is 51.6 Å². The van der Waals surface area contributed by atoms with Crippen molar-refractivity contribution in [3.05, 3.63) is 57.3 Å². The molecule has 0 saturated heterocycles. The summed E-state index contributed by atoms with van der Waals surface area (Å²) in [4.78, 5) is 15.8. The first-order valence-corrected chi connectivity index (χ1v) is 10.4. The number of hydrogen-bond donors (Lipinski definition) is 2. The van der Waals surface area contributed by atoms with Gasteiger partial charge in [-0.1, -0.05) is 17.7 Å². The molecule has 0 radical (unpaired) electrons. The van der Waals surface area contributed by atoms with Gasteiger partial charge in [0.05, 0.1) is 22.1 Å². The van der Waals surface area contributed by atoms with Gasteiger partial charge in [0.1, 0.15) is 5.82 Å². The number of hydrogen-bond acceptors (Lipinski definition) is 6. The fraction of sp³-hybridized carbons (Fsp3) is 0.250. The highest BCUT2D eigenvalue weighted by Gasteiger charge is 2.09. The topological polar surface area (TPSA) is 66.0 Å². The van der Waals surface area contributed by atoms with Crippen LogP contribution < -0.4 is 10.6 Å². The van der Waals surface area contributed by atoms with Gasteiger partial charge in [-0.15, -0.1) is 0 Å². The molecule has 0 aliphatic rings. The summed E-state index contributed by atoms with van der Waals surface area (Å²) in [6.07, 6.45) is 2.75. The third-order valence-corrected chi connectivity index (χ3v) is 4.90. The van der Waals surface area contributed by atoms with Crippen LogP contribution in [0, 0.1) is 3.57 Å². The predicted molar refractivity (Wildman–Crippen MR) is 124 cm³/mol. The van der Waals surface area contributed by atoms with E-state index in [2.05, 4.69) is 67.2 Å². The summed E-state index contributed by atoms with van der Waals surface area (Å²) in [6.45, 7) is 1.78. The number of halogens is 2. The summed E-state index contributed by atoms with van der Waals surface area (Å²) in [7, 11) is 4.12. The van der Waals surface area contributed by atoms with Crippen molar-refractivity contribution in [3.8, 4) is 11.4 Å². The highest BCUT2D eigenvalue weighted by atomic mass is 127. The second-order valence-electron chi connectivity index (χ2n) is 6.51. The molecular formula is C20H22ClIN6. The minimum Gasteiger partial charge on any atom is -0.354 e. The first kappa shape index (κ1) is 20.8. The number of pyridine rings is 1. The maximum atomic E-state index is 6.36. The fourth-order valence-corrected chi connectivity index (χ4v) is 3.46. The minimum absolute atomic E-state index is 0.561. The van der Waals surface area contributed by atoms with E-state index in [0.29, 0.717) is 16.8 Å². The van der Waals surface area contributed by atoms with Crippen molar-refractivity contribution in [3.63, 3.8) is 0 Å². The average molecular weight is 509 g/mol. The van der Waals surface area contributed by atoms with Crippen LogP contribution in [0.3, 0.4) is 0 Å². The molecule has 0 bridgehead atoms. The van der Waals surface area contributed by atoms with Crippen molar-refractivity contribution in [2.75, 3.05) is 37.8 Å². The molecule has 0 spiro atoms. The molecule has 2 aromatic heterocycles. The highest BCUT2D eigenvalue weighted by molar-refractivity contribution is 14.1. The van der Waals surface area contributed by atoms with Gasteiger partial charge in [-0.3, -0.25) is 4.98 Å². The molecule has 0 amide bonds. The lowest BCUT2D eigenvalue weighted by Crippen LogP contribution is -2.17. The normalized spacial score (nSPS) is 10.9. The summed E-state index contributed by atoms with van der Waals surface area (Å²) in [5.41, 5.74) is 2.33. The molecule has 1 aromatic carbocycles. The zero-order valence-electron chi connectivity index (χ0n) is 15.8.